The highest BCUT2D eigenvalue weighted by molar-refractivity contribution is 7.99. The van der Waals surface area contributed by atoms with Gasteiger partial charge < -0.3 is 10.6 Å². The normalized spacial score (nSPS) is 28.9. The molecule has 0 spiro atoms. The number of thioether (sulfide) groups is 1. The van der Waals surface area contributed by atoms with E-state index < -0.39 is 0 Å². The molecule has 0 aliphatic carbocycles. The zero-order valence-electron chi connectivity index (χ0n) is 10.5. The highest BCUT2D eigenvalue weighted by Gasteiger charge is 2.37. The molecule has 2 N–H and O–H groups in total. The molecule has 94 valence electrons. The number of hydrogen-bond donors (Lipinski definition) is 1. The molecule has 2 saturated heterocycles. The van der Waals surface area contributed by atoms with E-state index in [1.807, 2.05) is 0 Å². The molecule has 2 fully saturated rings. The van der Waals surface area contributed by atoms with Crippen molar-refractivity contribution in [3.8, 4) is 0 Å². The van der Waals surface area contributed by atoms with Crippen LogP contribution in [0.4, 0.5) is 0 Å². The maximum Gasteiger partial charge on any atom is 0.0347 e. The van der Waals surface area contributed by atoms with Gasteiger partial charge in [0.15, 0.2) is 0 Å². The fourth-order valence-corrected chi connectivity index (χ4v) is 4.17. The van der Waals surface area contributed by atoms with E-state index in [4.69, 9.17) is 5.73 Å². The lowest BCUT2D eigenvalue weighted by molar-refractivity contribution is 0.0893. The predicted octanol–water partition coefficient (Wildman–Crippen LogP) is 0.848. The summed E-state index contributed by atoms with van der Waals surface area (Å²) < 4.78 is 0. The molecular formula is C12H25N3S. The Morgan fingerprint density at radius 1 is 1.12 bits per heavy atom. The Bertz CT molecular complexity index is 216. The van der Waals surface area contributed by atoms with Gasteiger partial charge in [-0.25, -0.2) is 0 Å². The molecule has 0 aromatic rings. The van der Waals surface area contributed by atoms with Gasteiger partial charge in [-0.1, -0.05) is 0 Å². The second-order valence-electron chi connectivity index (χ2n) is 5.18. The predicted molar refractivity (Wildman–Crippen MR) is 72.0 cm³/mol. The van der Waals surface area contributed by atoms with E-state index in [-0.39, 0.29) is 0 Å². The number of likely N-dealkylation sites (N-methyl/N-ethyl adjacent to an activating group) is 1. The van der Waals surface area contributed by atoms with Gasteiger partial charge in [-0.3, -0.25) is 4.90 Å². The molecule has 0 atom stereocenters. The zero-order chi connectivity index (χ0) is 11.4. The van der Waals surface area contributed by atoms with Crippen LogP contribution < -0.4 is 5.73 Å². The van der Waals surface area contributed by atoms with Gasteiger partial charge >= 0.3 is 0 Å². The molecule has 2 aliphatic heterocycles. The maximum atomic E-state index is 6.09. The van der Waals surface area contributed by atoms with Gasteiger partial charge in [-0.2, -0.15) is 11.8 Å². The molecule has 0 radical (unpaired) electrons. The Hall–Kier alpha value is 0.230. The minimum absolute atomic E-state index is 0.330. The van der Waals surface area contributed by atoms with E-state index in [0.29, 0.717) is 5.54 Å². The van der Waals surface area contributed by atoms with Crippen molar-refractivity contribution in [1.82, 2.24) is 9.80 Å². The molecule has 2 rings (SSSR count). The summed E-state index contributed by atoms with van der Waals surface area (Å²) in [6.45, 7) is 5.74. The van der Waals surface area contributed by atoms with Gasteiger partial charge in [0.2, 0.25) is 0 Å². The quantitative estimate of drug-likeness (QED) is 0.779. The highest BCUT2D eigenvalue weighted by Crippen LogP contribution is 2.32. The Morgan fingerprint density at radius 2 is 1.88 bits per heavy atom. The Kier molecular flexibility index (Phi) is 4.53. The topological polar surface area (TPSA) is 32.5 Å². The third-order valence-corrected chi connectivity index (χ3v) is 5.18. The third kappa shape index (κ3) is 2.73. The second kappa shape index (κ2) is 5.71. The minimum Gasteiger partial charge on any atom is -0.329 e. The van der Waals surface area contributed by atoms with Crippen molar-refractivity contribution >= 4 is 11.8 Å². The van der Waals surface area contributed by atoms with Crippen LogP contribution in [0, 0.1) is 0 Å². The molecule has 2 heterocycles. The van der Waals surface area contributed by atoms with Crippen molar-refractivity contribution in [3.05, 3.63) is 0 Å². The molecule has 3 nitrogen and oxygen atoms in total. The van der Waals surface area contributed by atoms with E-state index >= 15 is 0 Å². The summed E-state index contributed by atoms with van der Waals surface area (Å²) in [7, 11) is 2.23. The number of nitrogens with two attached hydrogens (primary N) is 1. The van der Waals surface area contributed by atoms with Crippen molar-refractivity contribution in [2.24, 2.45) is 5.73 Å². The SMILES string of the molecule is CN1CCCN(C2(CN)CCSCC2)CC1. The summed E-state index contributed by atoms with van der Waals surface area (Å²) in [4.78, 5) is 5.14. The maximum absolute atomic E-state index is 6.09. The van der Waals surface area contributed by atoms with Crippen LogP contribution in [-0.4, -0.2) is 66.6 Å². The van der Waals surface area contributed by atoms with Crippen molar-refractivity contribution in [2.45, 2.75) is 24.8 Å². The van der Waals surface area contributed by atoms with Gasteiger partial charge in [0.05, 0.1) is 0 Å². The van der Waals surface area contributed by atoms with Crippen LogP contribution in [0.15, 0.2) is 0 Å². The summed E-state index contributed by atoms with van der Waals surface area (Å²) in [5, 5.41) is 0. The summed E-state index contributed by atoms with van der Waals surface area (Å²) in [6, 6.07) is 0. The first-order valence-corrected chi connectivity index (χ1v) is 7.64. The van der Waals surface area contributed by atoms with Crippen LogP contribution in [0.25, 0.3) is 0 Å². The van der Waals surface area contributed by atoms with Crippen LogP contribution in [0.3, 0.4) is 0 Å². The van der Waals surface area contributed by atoms with Crippen LogP contribution in [0.1, 0.15) is 19.3 Å². The Balaban J connectivity index is 2.01. The molecule has 2 aliphatic rings. The molecule has 0 aromatic heterocycles. The molecule has 0 unspecified atom stereocenters. The summed E-state index contributed by atoms with van der Waals surface area (Å²) in [6.07, 6.45) is 3.88. The largest absolute Gasteiger partial charge is 0.329 e. The van der Waals surface area contributed by atoms with Crippen LogP contribution in [-0.2, 0) is 0 Å². The van der Waals surface area contributed by atoms with Gasteiger partial charge in [0.25, 0.3) is 0 Å². The minimum atomic E-state index is 0.330. The van der Waals surface area contributed by atoms with Crippen molar-refractivity contribution in [3.63, 3.8) is 0 Å². The van der Waals surface area contributed by atoms with Gasteiger partial charge in [-0.05, 0) is 44.4 Å². The van der Waals surface area contributed by atoms with E-state index in [1.54, 1.807) is 0 Å². The Morgan fingerprint density at radius 3 is 2.56 bits per heavy atom. The zero-order valence-corrected chi connectivity index (χ0v) is 11.3. The Labute approximate surface area is 104 Å². The molecule has 0 bridgehead atoms. The molecule has 0 saturated carbocycles. The average molecular weight is 243 g/mol. The lowest BCUT2D eigenvalue weighted by Crippen LogP contribution is -2.56. The lowest BCUT2D eigenvalue weighted by atomic mass is 9.89. The van der Waals surface area contributed by atoms with Gasteiger partial charge in [-0.15, -0.1) is 0 Å². The first-order valence-electron chi connectivity index (χ1n) is 6.48. The van der Waals surface area contributed by atoms with E-state index in [2.05, 4.69) is 28.6 Å². The second-order valence-corrected chi connectivity index (χ2v) is 6.41. The molecule has 0 amide bonds. The van der Waals surface area contributed by atoms with Crippen molar-refractivity contribution in [1.29, 1.82) is 0 Å². The number of hydrogen-bond acceptors (Lipinski definition) is 4. The molecule has 16 heavy (non-hydrogen) atoms. The van der Waals surface area contributed by atoms with E-state index in [9.17, 15) is 0 Å². The smallest absolute Gasteiger partial charge is 0.0347 e. The summed E-state index contributed by atoms with van der Waals surface area (Å²) in [5.41, 5.74) is 6.42. The first kappa shape index (κ1) is 12.7. The van der Waals surface area contributed by atoms with Crippen molar-refractivity contribution in [2.75, 3.05) is 51.3 Å². The van der Waals surface area contributed by atoms with Gasteiger partial charge in [0, 0.05) is 31.7 Å². The molecular weight excluding hydrogens is 218 g/mol. The van der Waals surface area contributed by atoms with Crippen LogP contribution in [0.5, 0.6) is 0 Å². The lowest BCUT2D eigenvalue weighted by Gasteiger charge is -2.45. The average Bonchev–Trinajstić information content (AvgIpc) is 2.55. The summed E-state index contributed by atoms with van der Waals surface area (Å²) in [5.74, 6) is 2.59. The number of rotatable bonds is 2. The molecule has 0 aromatic carbocycles. The first-order chi connectivity index (χ1) is 7.77. The highest BCUT2D eigenvalue weighted by atomic mass is 32.2. The monoisotopic (exact) mass is 243 g/mol. The van der Waals surface area contributed by atoms with Crippen molar-refractivity contribution < 1.29 is 0 Å². The van der Waals surface area contributed by atoms with E-state index in [1.165, 1.54) is 56.9 Å². The van der Waals surface area contributed by atoms with E-state index in [0.717, 1.165) is 6.54 Å². The summed E-state index contributed by atoms with van der Waals surface area (Å²) >= 11 is 2.09. The fourth-order valence-electron chi connectivity index (χ4n) is 2.92. The van der Waals surface area contributed by atoms with Gasteiger partial charge in [0.1, 0.15) is 0 Å². The van der Waals surface area contributed by atoms with Crippen LogP contribution >= 0.6 is 11.8 Å². The third-order valence-electron chi connectivity index (χ3n) is 4.19. The molecule has 4 heteroatoms. The number of nitrogens with zero attached hydrogens (tertiary/aromatic N) is 2. The van der Waals surface area contributed by atoms with Crippen LogP contribution in [0.2, 0.25) is 0 Å². The fraction of sp³-hybridized carbons (Fsp3) is 1.00. The standard InChI is InChI=1S/C12H25N3S/c1-14-5-2-6-15(8-7-14)12(11-13)3-9-16-10-4-12/h2-11,13H2,1H3.